The number of nitrogens with zero attached hydrogens (tertiary/aromatic N) is 1. The van der Waals surface area contributed by atoms with Crippen LogP contribution >= 0.6 is 27.7 Å². The van der Waals surface area contributed by atoms with Crippen LogP contribution in [0.4, 0.5) is 0 Å². The van der Waals surface area contributed by atoms with Gasteiger partial charge in [-0.15, -0.1) is 11.8 Å². The van der Waals surface area contributed by atoms with Crippen molar-refractivity contribution in [3.63, 3.8) is 0 Å². The smallest absolute Gasteiger partial charge is 0.310 e. The van der Waals surface area contributed by atoms with Crippen LogP contribution < -0.4 is 5.32 Å². The minimum absolute atomic E-state index is 0.0184. The van der Waals surface area contributed by atoms with E-state index in [1.807, 2.05) is 51.1 Å². The average Bonchev–Trinajstić information content (AvgIpc) is 3.32. The van der Waals surface area contributed by atoms with Crippen LogP contribution in [0.2, 0.25) is 0 Å². The Labute approximate surface area is 207 Å². The Hall–Kier alpha value is -1.58. The number of thioether (sulfide) groups is 1. The van der Waals surface area contributed by atoms with Crippen molar-refractivity contribution in [1.29, 1.82) is 0 Å². The monoisotopic (exact) mass is 538 g/mol. The number of rotatable bonds is 6. The Morgan fingerprint density at radius 3 is 2.58 bits per heavy atom. The summed E-state index contributed by atoms with van der Waals surface area (Å²) in [5.74, 6) is -2.22. The highest BCUT2D eigenvalue weighted by Crippen LogP contribution is 2.68. The van der Waals surface area contributed by atoms with Gasteiger partial charge in [-0.2, -0.15) is 0 Å². The predicted molar refractivity (Wildman–Crippen MR) is 130 cm³/mol. The fourth-order valence-corrected chi connectivity index (χ4v) is 9.27. The zero-order valence-corrected chi connectivity index (χ0v) is 21.7. The molecule has 1 aromatic rings. The van der Waals surface area contributed by atoms with Gasteiger partial charge in [-0.05, 0) is 39.7 Å². The zero-order valence-electron chi connectivity index (χ0n) is 19.3. The highest BCUT2D eigenvalue weighted by molar-refractivity contribution is 9.09. The molecule has 7 atom stereocenters. The van der Waals surface area contributed by atoms with Gasteiger partial charge in [0.2, 0.25) is 11.8 Å². The molecule has 3 saturated heterocycles. The van der Waals surface area contributed by atoms with Gasteiger partial charge in [0.05, 0.1) is 35.8 Å². The molecule has 2 N–H and O–H groups in total. The van der Waals surface area contributed by atoms with E-state index in [2.05, 4.69) is 21.2 Å². The van der Waals surface area contributed by atoms with Gasteiger partial charge in [0.1, 0.15) is 6.04 Å². The van der Waals surface area contributed by atoms with E-state index in [-0.39, 0.29) is 35.1 Å². The molecule has 0 aliphatic carbocycles. The molecule has 180 valence electrons. The number of fused-ring (bicyclic) bond motifs is 1. The van der Waals surface area contributed by atoms with Crippen molar-refractivity contribution in [1.82, 2.24) is 10.2 Å². The molecule has 2 amide bonds. The Bertz CT molecular complexity index is 939. The second-order valence-corrected chi connectivity index (χ2v) is 12.7. The van der Waals surface area contributed by atoms with E-state index in [1.54, 1.807) is 23.6 Å². The van der Waals surface area contributed by atoms with Gasteiger partial charge in [-0.1, -0.05) is 46.3 Å². The molecule has 3 unspecified atom stereocenters. The van der Waals surface area contributed by atoms with Crippen molar-refractivity contribution in [3.8, 4) is 0 Å². The van der Waals surface area contributed by atoms with Gasteiger partial charge in [0.25, 0.3) is 0 Å². The van der Waals surface area contributed by atoms with E-state index in [4.69, 9.17) is 4.74 Å². The molecule has 3 aliphatic rings. The first-order valence-corrected chi connectivity index (χ1v) is 13.1. The summed E-state index contributed by atoms with van der Waals surface area (Å²) < 4.78 is 4.60. The van der Waals surface area contributed by atoms with Crippen molar-refractivity contribution >= 4 is 45.5 Å². The molecule has 1 aromatic carbocycles. The number of esters is 1. The lowest BCUT2D eigenvalue weighted by molar-refractivity contribution is -0.154. The van der Waals surface area contributed by atoms with Crippen molar-refractivity contribution in [2.45, 2.75) is 66.6 Å². The lowest BCUT2D eigenvalue weighted by Gasteiger charge is -2.39. The first-order valence-electron chi connectivity index (χ1n) is 11.3. The van der Waals surface area contributed by atoms with Crippen LogP contribution in [-0.4, -0.2) is 67.4 Å². The van der Waals surface area contributed by atoms with E-state index < -0.39 is 40.2 Å². The first kappa shape index (κ1) is 24.5. The zero-order chi connectivity index (χ0) is 24.1. The number of likely N-dealkylation sites (tertiary alicyclic amines) is 1. The fourth-order valence-electron chi connectivity index (χ4n) is 5.68. The molecular formula is C24H31BrN2O5S. The summed E-state index contributed by atoms with van der Waals surface area (Å²) >= 11 is 5.28. The normalized spacial score (nSPS) is 33.7. The third kappa shape index (κ3) is 4.00. The van der Waals surface area contributed by atoms with E-state index in [0.717, 1.165) is 5.56 Å². The summed E-state index contributed by atoms with van der Waals surface area (Å²) in [5, 5.41) is 13.3. The van der Waals surface area contributed by atoms with Gasteiger partial charge in [-0.3, -0.25) is 14.4 Å². The molecule has 7 nitrogen and oxygen atoms in total. The minimum atomic E-state index is -0.818. The van der Waals surface area contributed by atoms with Gasteiger partial charge < -0.3 is 20.1 Å². The number of halogens is 1. The number of nitrogens with one attached hydrogen (secondary N) is 1. The number of ether oxygens (including phenoxy) is 1. The maximum absolute atomic E-state index is 14.0. The number of aliphatic hydroxyl groups is 1. The lowest BCUT2D eigenvalue weighted by Crippen LogP contribution is -2.58. The van der Waals surface area contributed by atoms with Crippen molar-refractivity contribution in [3.05, 3.63) is 35.9 Å². The number of carbonyl (C=O) groups excluding carboxylic acids is 3. The second kappa shape index (κ2) is 8.89. The summed E-state index contributed by atoms with van der Waals surface area (Å²) in [6.45, 7) is 7.35. The Morgan fingerprint density at radius 1 is 1.33 bits per heavy atom. The third-order valence-electron chi connectivity index (χ3n) is 6.73. The second-order valence-electron chi connectivity index (χ2n) is 10.0. The van der Waals surface area contributed by atoms with Crippen LogP contribution in [-0.2, 0) is 19.1 Å². The van der Waals surface area contributed by atoms with Gasteiger partial charge in [0.15, 0.2) is 0 Å². The predicted octanol–water partition coefficient (Wildman–Crippen LogP) is 2.66. The van der Waals surface area contributed by atoms with Crippen molar-refractivity contribution in [2.75, 3.05) is 13.2 Å². The number of aliphatic hydroxyl groups excluding tert-OH is 1. The SMILES string of the molecule is CCOC(=O)[C@H]1[C@@H]2SC3(CC2Br)C(C(=O)NC(C)(C)C)N([C@H](CO)c2ccccc2)C(=O)[C@H]13. The summed E-state index contributed by atoms with van der Waals surface area (Å²) in [7, 11) is 0. The molecule has 9 heteroatoms. The number of alkyl halides is 1. The van der Waals surface area contributed by atoms with Gasteiger partial charge in [-0.25, -0.2) is 0 Å². The number of carbonyl (C=O) groups is 3. The molecule has 3 aliphatic heterocycles. The van der Waals surface area contributed by atoms with E-state index in [0.29, 0.717) is 6.42 Å². The summed E-state index contributed by atoms with van der Waals surface area (Å²) in [6, 6.07) is 7.74. The molecule has 1 spiro atoms. The average molecular weight is 539 g/mol. The Balaban J connectivity index is 1.83. The van der Waals surface area contributed by atoms with Crippen molar-refractivity contribution in [2.24, 2.45) is 11.8 Å². The quantitative estimate of drug-likeness (QED) is 0.427. The fraction of sp³-hybridized carbons (Fsp3) is 0.625. The maximum Gasteiger partial charge on any atom is 0.310 e. The highest BCUT2D eigenvalue weighted by Gasteiger charge is 2.76. The van der Waals surface area contributed by atoms with Crippen LogP contribution in [0, 0.1) is 11.8 Å². The first-order chi connectivity index (χ1) is 15.6. The number of hydrogen-bond donors (Lipinski definition) is 2. The lowest BCUT2D eigenvalue weighted by atomic mass is 9.71. The van der Waals surface area contributed by atoms with Crippen LogP contribution in [0.5, 0.6) is 0 Å². The number of benzene rings is 1. The molecule has 3 heterocycles. The molecular weight excluding hydrogens is 508 g/mol. The number of amides is 2. The maximum atomic E-state index is 14.0. The minimum Gasteiger partial charge on any atom is -0.466 e. The summed E-state index contributed by atoms with van der Waals surface area (Å²) in [5.41, 5.74) is 0.248. The Morgan fingerprint density at radius 2 is 2.00 bits per heavy atom. The van der Waals surface area contributed by atoms with E-state index in [1.165, 1.54) is 0 Å². The third-order valence-corrected chi connectivity index (χ3v) is 9.95. The van der Waals surface area contributed by atoms with Gasteiger partial charge >= 0.3 is 5.97 Å². The largest absolute Gasteiger partial charge is 0.466 e. The van der Waals surface area contributed by atoms with E-state index >= 15 is 0 Å². The van der Waals surface area contributed by atoms with Crippen LogP contribution in [0.3, 0.4) is 0 Å². The van der Waals surface area contributed by atoms with E-state index in [9.17, 15) is 19.5 Å². The molecule has 2 bridgehead atoms. The van der Waals surface area contributed by atoms with Gasteiger partial charge in [0, 0.05) is 15.6 Å². The van der Waals surface area contributed by atoms with Crippen molar-refractivity contribution < 1.29 is 24.2 Å². The molecule has 4 rings (SSSR count). The molecule has 0 aromatic heterocycles. The highest BCUT2D eigenvalue weighted by atomic mass is 79.9. The Kier molecular flexibility index (Phi) is 6.61. The standard InChI is InChI=1S/C24H31BrN2O5S/c1-5-32-22(31)16-17-21(30)27(15(12-28)13-9-7-6-8-10-13)19(20(29)26-23(2,3)4)24(17)11-14(25)18(16)33-24/h6-10,14-19,28H,5,11-12H2,1-4H3,(H,26,29)/t14?,15-,16-,17+,18-,19?,24?/m1/s1. The topological polar surface area (TPSA) is 95.9 Å². The van der Waals surface area contributed by atoms with Crippen LogP contribution in [0.25, 0.3) is 0 Å². The van der Waals surface area contributed by atoms with Crippen LogP contribution in [0.1, 0.15) is 45.7 Å². The molecule has 33 heavy (non-hydrogen) atoms. The summed E-state index contributed by atoms with van der Waals surface area (Å²) in [6.07, 6.45) is 0.584. The summed E-state index contributed by atoms with van der Waals surface area (Å²) in [4.78, 5) is 42.4. The van der Waals surface area contributed by atoms with Crippen LogP contribution in [0.15, 0.2) is 30.3 Å². The molecule has 0 radical (unpaired) electrons. The molecule has 3 fully saturated rings. The molecule has 0 saturated carbocycles. The number of hydrogen-bond acceptors (Lipinski definition) is 6.